The van der Waals surface area contributed by atoms with Crippen LogP contribution in [0, 0.1) is 67.5 Å². The molecule has 2 aromatic rings. The van der Waals surface area contributed by atoms with E-state index in [-0.39, 0.29) is 47.6 Å². The zero-order valence-electron chi connectivity index (χ0n) is 17.4. The minimum atomic E-state index is 0. The van der Waals surface area contributed by atoms with Gasteiger partial charge in [0.05, 0.1) is 14.2 Å². The van der Waals surface area contributed by atoms with Crippen LogP contribution in [0.25, 0.3) is 0 Å². The number of hydrogen-bond donors (Lipinski definition) is 0. The first-order valence-corrected chi connectivity index (χ1v) is 8.22. The van der Waals surface area contributed by atoms with Crippen LogP contribution in [-0.4, -0.2) is 14.2 Å². The summed E-state index contributed by atoms with van der Waals surface area (Å²) in [6.07, 6.45) is 0. The van der Waals surface area contributed by atoms with Gasteiger partial charge >= 0.3 is 0 Å². The van der Waals surface area contributed by atoms with Crippen LogP contribution in [0.2, 0.25) is 0 Å². The minimum absolute atomic E-state index is 0. The van der Waals surface area contributed by atoms with E-state index in [9.17, 15) is 0 Å². The maximum atomic E-state index is 5.32. The third kappa shape index (κ3) is 7.24. The molecule has 0 aliphatic heterocycles. The molecule has 27 heavy (non-hydrogen) atoms. The van der Waals surface area contributed by atoms with E-state index in [1.54, 1.807) is 14.2 Å². The van der Waals surface area contributed by atoms with E-state index >= 15 is 0 Å². The summed E-state index contributed by atoms with van der Waals surface area (Å²) in [6.45, 7) is 16.5. The Morgan fingerprint density at radius 3 is 0.815 bits per heavy atom. The molecule has 0 amide bonds. The normalized spacial score (nSPS) is 8.96. The predicted molar refractivity (Wildman–Crippen MR) is 115 cm³/mol. The van der Waals surface area contributed by atoms with E-state index in [0.717, 1.165) is 11.5 Å². The van der Waals surface area contributed by atoms with Crippen molar-refractivity contribution >= 4 is 0 Å². The van der Waals surface area contributed by atoms with Gasteiger partial charge in [-0.15, -0.1) is 22.3 Å². The SMILES string of the molecule is C.C.COc1c(C)c(C)[c-]c(C)c1C.COc1c(C)c(C)[c-]c(C)c1C.[Y]. The van der Waals surface area contributed by atoms with Gasteiger partial charge in [0.15, 0.2) is 0 Å². The fourth-order valence-corrected chi connectivity index (χ4v) is 2.79. The molecule has 0 bridgehead atoms. The molecule has 3 heteroatoms. The molecule has 2 rings (SSSR count). The van der Waals surface area contributed by atoms with Crippen molar-refractivity contribution in [2.24, 2.45) is 0 Å². The molecule has 0 aliphatic carbocycles. The Bertz CT molecular complexity index is 618. The quantitative estimate of drug-likeness (QED) is 0.476. The average molecular weight is 447 g/mol. The Labute approximate surface area is 193 Å². The summed E-state index contributed by atoms with van der Waals surface area (Å²) in [6, 6.07) is 6.60. The molecule has 0 atom stereocenters. The largest absolute Gasteiger partial charge is 0.522 e. The van der Waals surface area contributed by atoms with Crippen LogP contribution in [0.3, 0.4) is 0 Å². The van der Waals surface area contributed by atoms with Crippen molar-refractivity contribution < 1.29 is 42.2 Å². The van der Waals surface area contributed by atoms with E-state index < -0.39 is 0 Å². The Hall–Kier alpha value is -0.856. The Balaban J connectivity index is -0.000000384. The summed E-state index contributed by atoms with van der Waals surface area (Å²) in [4.78, 5) is 0. The first-order valence-electron chi connectivity index (χ1n) is 8.22. The van der Waals surface area contributed by atoms with Gasteiger partial charge in [0.2, 0.25) is 0 Å². The van der Waals surface area contributed by atoms with Crippen molar-refractivity contribution in [3.8, 4) is 11.5 Å². The molecule has 0 saturated heterocycles. The second kappa shape index (κ2) is 13.3. The van der Waals surface area contributed by atoms with E-state index in [1.165, 1.54) is 44.5 Å². The maximum Gasteiger partial charge on any atom is 0.0744 e. The van der Waals surface area contributed by atoms with Gasteiger partial charge in [-0.1, -0.05) is 70.2 Å². The van der Waals surface area contributed by atoms with Crippen molar-refractivity contribution in [1.82, 2.24) is 0 Å². The van der Waals surface area contributed by atoms with Gasteiger partial charge in [0.25, 0.3) is 0 Å². The van der Waals surface area contributed by atoms with Gasteiger partial charge in [-0.3, -0.25) is 0 Å². The van der Waals surface area contributed by atoms with Gasteiger partial charge in [0, 0.05) is 44.2 Å². The van der Waals surface area contributed by atoms with Crippen molar-refractivity contribution in [2.45, 2.75) is 70.2 Å². The summed E-state index contributed by atoms with van der Waals surface area (Å²) in [5.74, 6) is 2.01. The molecule has 2 nitrogen and oxygen atoms in total. The Kier molecular flexibility index (Phi) is 15.2. The number of rotatable bonds is 2. The molecular formula is C24H38O2Y-2. The molecule has 0 aliphatic rings. The van der Waals surface area contributed by atoms with Crippen LogP contribution in [0.5, 0.6) is 11.5 Å². The molecule has 0 N–H and O–H groups in total. The average Bonchev–Trinajstić information content (AvgIpc) is 2.53. The molecule has 2 aromatic carbocycles. The molecule has 0 aromatic heterocycles. The topological polar surface area (TPSA) is 18.5 Å². The number of methoxy groups -OCH3 is 2. The molecule has 0 heterocycles. The molecule has 0 saturated carbocycles. The van der Waals surface area contributed by atoms with Crippen LogP contribution in [-0.2, 0) is 32.7 Å². The van der Waals surface area contributed by atoms with E-state index in [4.69, 9.17) is 9.47 Å². The van der Waals surface area contributed by atoms with Gasteiger partial charge < -0.3 is 9.47 Å². The van der Waals surface area contributed by atoms with E-state index in [1.807, 2.05) is 0 Å². The van der Waals surface area contributed by atoms with Crippen molar-refractivity contribution in [2.75, 3.05) is 14.2 Å². The molecule has 0 fully saturated rings. The standard InChI is InChI=1S/2C11H15O.2CH4.Y/c2*1-7-6-8(2)10(4)11(12-5)9(7)3;;;/h2*1-5H3;2*1H4;/q2*-1;;;. The summed E-state index contributed by atoms with van der Waals surface area (Å²) in [7, 11) is 3.43. The molecule has 0 unspecified atom stereocenters. The first-order chi connectivity index (χ1) is 11.1. The van der Waals surface area contributed by atoms with Gasteiger partial charge in [0.1, 0.15) is 0 Å². The predicted octanol–water partition coefficient (Wildman–Crippen LogP) is 6.73. The molecular weight excluding hydrogens is 409 g/mol. The van der Waals surface area contributed by atoms with Gasteiger partial charge in [-0.25, -0.2) is 0 Å². The first kappa shape index (κ1) is 30.9. The van der Waals surface area contributed by atoms with Crippen LogP contribution < -0.4 is 9.47 Å². The zero-order valence-corrected chi connectivity index (χ0v) is 20.2. The molecule has 1 radical (unpaired) electrons. The zero-order chi connectivity index (χ0) is 18.6. The summed E-state index contributed by atoms with van der Waals surface area (Å²) in [5.41, 5.74) is 9.48. The Morgan fingerprint density at radius 2 is 0.667 bits per heavy atom. The van der Waals surface area contributed by atoms with Crippen molar-refractivity contribution in [3.63, 3.8) is 0 Å². The van der Waals surface area contributed by atoms with Crippen molar-refractivity contribution in [1.29, 1.82) is 0 Å². The number of aryl methyl sites for hydroxylation is 4. The molecule has 0 spiro atoms. The van der Waals surface area contributed by atoms with E-state index in [0.29, 0.717) is 0 Å². The smallest absolute Gasteiger partial charge is 0.0744 e. The Morgan fingerprint density at radius 1 is 0.481 bits per heavy atom. The molecule has 151 valence electrons. The minimum Gasteiger partial charge on any atom is -0.522 e. The van der Waals surface area contributed by atoms with Gasteiger partial charge in [-0.05, 0) is 0 Å². The second-order valence-corrected chi connectivity index (χ2v) is 6.32. The summed E-state index contributed by atoms with van der Waals surface area (Å²) in [5, 5.41) is 0. The maximum absolute atomic E-state index is 5.32. The third-order valence-electron chi connectivity index (χ3n) is 4.77. The van der Waals surface area contributed by atoms with Gasteiger partial charge in [-0.2, -0.15) is 34.4 Å². The van der Waals surface area contributed by atoms with E-state index in [2.05, 4.69) is 67.5 Å². The monoisotopic (exact) mass is 447 g/mol. The van der Waals surface area contributed by atoms with Crippen LogP contribution in [0.4, 0.5) is 0 Å². The number of ether oxygens (including phenoxy) is 2. The summed E-state index contributed by atoms with van der Waals surface area (Å²) < 4.78 is 10.6. The van der Waals surface area contributed by atoms with Crippen molar-refractivity contribution in [3.05, 3.63) is 56.6 Å². The number of hydrogen-bond acceptors (Lipinski definition) is 2. The second-order valence-electron chi connectivity index (χ2n) is 6.32. The third-order valence-corrected chi connectivity index (χ3v) is 4.77. The van der Waals surface area contributed by atoms with Crippen LogP contribution >= 0.6 is 0 Å². The van der Waals surface area contributed by atoms with Crippen LogP contribution in [0.1, 0.15) is 59.4 Å². The fraction of sp³-hybridized carbons (Fsp3) is 0.500. The number of benzene rings is 2. The fourth-order valence-electron chi connectivity index (χ4n) is 2.79. The summed E-state index contributed by atoms with van der Waals surface area (Å²) >= 11 is 0. The van der Waals surface area contributed by atoms with Crippen LogP contribution in [0.15, 0.2) is 0 Å².